The molecule has 0 aromatic rings. The lowest BCUT2D eigenvalue weighted by molar-refractivity contribution is -0.868. The Labute approximate surface area is 74.0 Å². The summed E-state index contributed by atoms with van der Waals surface area (Å²) < 4.78 is 1.07. The summed E-state index contributed by atoms with van der Waals surface area (Å²) >= 11 is 4.71. The summed E-state index contributed by atoms with van der Waals surface area (Å²) in [7, 11) is 6.54. The van der Waals surface area contributed by atoms with E-state index < -0.39 is 5.24 Å². The van der Waals surface area contributed by atoms with Gasteiger partial charge in [0, 0.05) is 0 Å². The van der Waals surface area contributed by atoms with Gasteiger partial charge in [-0.3, -0.25) is 4.79 Å². The minimum atomic E-state index is -0.509. The van der Waals surface area contributed by atoms with Crippen molar-refractivity contribution in [2.75, 3.05) is 27.7 Å². The number of rotatable bonds is 2. The van der Waals surface area contributed by atoms with E-state index in [-0.39, 0.29) is 0 Å². The van der Waals surface area contributed by atoms with Gasteiger partial charge in [-0.05, 0) is 24.6 Å². The third kappa shape index (κ3) is 26.1. The maximum Gasteiger partial charge on any atom is 0.244 e. The molecule has 0 aliphatic heterocycles. The second-order valence-electron chi connectivity index (χ2n) is 3.11. The molecular formula is C8H17ClNO+. The predicted molar refractivity (Wildman–Crippen MR) is 49.6 cm³/mol. The zero-order valence-corrected chi connectivity index (χ0v) is 8.48. The van der Waals surface area contributed by atoms with Crippen LogP contribution in [0.1, 0.15) is 6.92 Å². The van der Waals surface area contributed by atoms with E-state index in [1.807, 2.05) is 0 Å². The van der Waals surface area contributed by atoms with Crippen molar-refractivity contribution in [3.8, 4) is 0 Å². The van der Waals surface area contributed by atoms with Gasteiger partial charge in [-0.1, -0.05) is 6.58 Å². The largest absolute Gasteiger partial charge is 0.331 e. The Morgan fingerprint density at radius 2 is 1.73 bits per heavy atom. The number of hydrogen-bond acceptors (Lipinski definition) is 1. The zero-order valence-electron chi connectivity index (χ0n) is 7.72. The Morgan fingerprint density at radius 1 is 1.55 bits per heavy atom. The third-order valence-electron chi connectivity index (χ3n) is 1.11. The molecule has 2 nitrogen and oxygen atoms in total. The Morgan fingerprint density at radius 3 is 1.73 bits per heavy atom. The van der Waals surface area contributed by atoms with E-state index in [9.17, 15) is 4.79 Å². The van der Waals surface area contributed by atoms with Gasteiger partial charge in [0.25, 0.3) is 0 Å². The van der Waals surface area contributed by atoms with Crippen molar-refractivity contribution in [2.45, 2.75) is 6.92 Å². The average Bonchev–Trinajstić information content (AvgIpc) is 1.88. The standard InChI is InChI=1S/C5H14N.C3H3ClO/c1-5-6(2,3)4;1-2-3(4)5/h5H2,1-4H3;2H,1H2/q+1;. The van der Waals surface area contributed by atoms with Gasteiger partial charge in [0.2, 0.25) is 5.24 Å². The molecule has 0 heterocycles. The topological polar surface area (TPSA) is 17.1 Å². The van der Waals surface area contributed by atoms with Crippen molar-refractivity contribution < 1.29 is 9.28 Å². The van der Waals surface area contributed by atoms with Crippen molar-refractivity contribution in [1.82, 2.24) is 0 Å². The quantitative estimate of drug-likeness (QED) is 0.357. The molecule has 0 aromatic heterocycles. The molecular weight excluding hydrogens is 162 g/mol. The first kappa shape index (κ1) is 13.3. The van der Waals surface area contributed by atoms with Crippen LogP contribution in [0.3, 0.4) is 0 Å². The number of halogens is 1. The highest BCUT2D eigenvalue weighted by Gasteiger charge is 1.97. The average molecular weight is 179 g/mol. The van der Waals surface area contributed by atoms with Gasteiger partial charge in [0.1, 0.15) is 0 Å². The summed E-state index contributed by atoms with van der Waals surface area (Å²) in [6.45, 7) is 6.47. The molecule has 0 atom stereocenters. The number of hydrogen-bond donors (Lipinski definition) is 0. The molecule has 0 N–H and O–H groups in total. The van der Waals surface area contributed by atoms with Crippen molar-refractivity contribution in [3.05, 3.63) is 12.7 Å². The van der Waals surface area contributed by atoms with E-state index >= 15 is 0 Å². The lowest BCUT2D eigenvalue weighted by Gasteiger charge is -2.20. The van der Waals surface area contributed by atoms with Crippen molar-refractivity contribution in [1.29, 1.82) is 0 Å². The Kier molecular flexibility index (Phi) is 7.69. The molecule has 0 aliphatic carbocycles. The van der Waals surface area contributed by atoms with Crippen LogP contribution in [0.15, 0.2) is 12.7 Å². The molecule has 0 spiro atoms. The van der Waals surface area contributed by atoms with Crippen LogP contribution in [-0.2, 0) is 4.79 Å². The van der Waals surface area contributed by atoms with E-state index in [0.29, 0.717) is 0 Å². The van der Waals surface area contributed by atoms with E-state index in [2.05, 4.69) is 34.6 Å². The van der Waals surface area contributed by atoms with Crippen LogP contribution in [-0.4, -0.2) is 37.4 Å². The Balaban J connectivity index is 0. The molecule has 0 bridgehead atoms. The molecule has 11 heavy (non-hydrogen) atoms. The number of nitrogens with zero attached hydrogens (tertiary/aromatic N) is 1. The number of allylic oxidation sites excluding steroid dienone is 1. The molecule has 0 radical (unpaired) electrons. The van der Waals surface area contributed by atoms with Crippen LogP contribution >= 0.6 is 11.6 Å². The van der Waals surface area contributed by atoms with Crippen LogP contribution < -0.4 is 0 Å². The molecule has 0 saturated heterocycles. The molecule has 0 aliphatic rings. The molecule has 3 heteroatoms. The van der Waals surface area contributed by atoms with Gasteiger partial charge >= 0.3 is 0 Å². The normalized spacial score (nSPS) is 9.55. The highest BCUT2D eigenvalue weighted by atomic mass is 35.5. The minimum Gasteiger partial charge on any atom is -0.331 e. The maximum absolute atomic E-state index is 9.46. The maximum atomic E-state index is 9.46. The van der Waals surface area contributed by atoms with Gasteiger partial charge in [-0.2, -0.15) is 0 Å². The molecule has 0 rings (SSSR count). The summed E-state index contributed by atoms with van der Waals surface area (Å²) in [5.74, 6) is 0. The van der Waals surface area contributed by atoms with E-state index in [0.717, 1.165) is 10.6 Å². The predicted octanol–water partition coefficient (Wildman–Crippen LogP) is 1.65. The van der Waals surface area contributed by atoms with Crippen molar-refractivity contribution in [3.63, 3.8) is 0 Å². The summed E-state index contributed by atoms with van der Waals surface area (Å²) in [5.41, 5.74) is 0. The van der Waals surface area contributed by atoms with Gasteiger partial charge in [-0.15, -0.1) is 0 Å². The molecule has 0 unspecified atom stereocenters. The van der Waals surface area contributed by atoms with Gasteiger partial charge < -0.3 is 4.48 Å². The fourth-order valence-corrected chi connectivity index (χ4v) is 0. The van der Waals surface area contributed by atoms with E-state index in [1.165, 1.54) is 6.54 Å². The molecule has 0 fully saturated rings. The number of carbonyl (C=O) groups excluding carboxylic acids is 1. The monoisotopic (exact) mass is 178 g/mol. The number of quaternary nitrogens is 1. The highest BCUT2D eigenvalue weighted by Crippen LogP contribution is 1.83. The first-order chi connectivity index (χ1) is 4.83. The smallest absolute Gasteiger partial charge is 0.244 e. The lowest BCUT2D eigenvalue weighted by Crippen LogP contribution is -2.33. The van der Waals surface area contributed by atoms with E-state index in [1.54, 1.807) is 0 Å². The van der Waals surface area contributed by atoms with Crippen LogP contribution in [0.4, 0.5) is 0 Å². The Bertz CT molecular complexity index is 127. The van der Waals surface area contributed by atoms with Gasteiger partial charge in [0.05, 0.1) is 27.7 Å². The summed E-state index contributed by atoms with van der Waals surface area (Å²) in [4.78, 5) is 9.46. The van der Waals surface area contributed by atoms with Crippen molar-refractivity contribution in [2.24, 2.45) is 0 Å². The molecule has 66 valence electrons. The fraction of sp³-hybridized carbons (Fsp3) is 0.625. The van der Waals surface area contributed by atoms with Crippen LogP contribution in [0, 0.1) is 0 Å². The Hall–Kier alpha value is -0.340. The van der Waals surface area contributed by atoms with Gasteiger partial charge in [-0.25, -0.2) is 0 Å². The van der Waals surface area contributed by atoms with Crippen LogP contribution in [0.2, 0.25) is 0 Å². The first-order valence-electron chi connectivity index (χ1n) is 3.46. The van der Waals surface area contributed by atoms with Crippen molar-refractivity contribution >= 4 is 16.8 Å². The fourth-order valence-electron chi connectivity index (χ4n) is 0. The van der Waals surface area contributed by atoms with Crippen LogP contribution in [0.5, 0.6) is 0 Å². The molecule has 0 saturated carbocycles. The second kappa shape index (κ2) is 6.38. The molecule has 0 amide bonds. The summed E-state index contributed by atoms with van der Waals surface area (Å²) in [6, 6.07) is 0. The zero-order chi connectivity index (χ0) is 9.49. The number of carbonyl (C=O) groups is 1. The highest BCUT2D eigenvalue weighted by molar-refractivity contribution is 6.66. The summed E-state index contributed by atoms with van der Waals surface area (Å²) in [5, 5.41) is -0.509. The third-order valence-corrected chi connectivity index (χ3v) is 1.26. The minimum absolute atomic E-state index is 0.509. The first-order valence-corrected chi connectivity index (χ1v) is 3.83. The molecule has 0 aromatic carbocycles. The lowest BCUT2D eigenvalue weighted by atomic mass is 10.6. The van der Waals surface area contributed by atoms with E-state index in [4.69, 9.17) is 11.6 Å². The SMILES string of the molecule is C=CC(=O)Cl.CC[N+](C)(C)C. The van der Waals surface area contributed by atoms with Crippen LogP contribution in [0.25, 0.3) is 0 Å². The second-order valence-corrected chi connectivity index (χ2v) is 3.49. The summed E-state index contributed by atoms with van der Waals surface area (Å²) in [6.07, 6.45) is 1.04. The van der Waals surface area contributed by atoms with Gasteiger partial charge in [0.15, 0.2) is 0 Å².